The van der Waals surface area contributed by atoms with Gasteiger partial charge in [0.05, 0.1) is 0 Å². The lowest BCUT2D eigenvalue weighted by molar-refractivity contribution is -0.134. The molecule has 1 fully saturated rings. The zero-order valence-corrected chi connectivity index (χ0v) is 9.03. The predicted octanol–water partition coefficient (Wildman–Crippen LogP) is 1.28. The summed E-state index contributed by atoms with van der Waals surface area (Å²) >= 11 is 0. The van der Waals surface area contributed by atoms with E-state index in [1.165, 1.54) is 12.1 Å². The van der Waals surface area contributed by atoms with Crippen molar-refractivity contribution in [2.45, 2.75) is 25.4 Å². The lowest BCUT2D eigenvalue weighted by Gasteiger charge is -2.30. The standard InChI is InChI=1S/C12H15FN2O/c13-10-3-1-9(2-4-10)7-15-8-11(14)5-6-12(15)16/h1-4,11H,5-8,14H2/t11-/m0/s1. The maximum atomic E-state index is 12.7. The Balaban J connectivity index is 2.02. The summed E-state index contributed by atoms with van der Waals surface area (Å²) in [6.07, 6.45) is 1.28. The minimum Gasteiger partial charge on any atom is -0.337 e. The Morgan fingerprint density at radius 1 is 1.38 bits per heavy atom. The number of nitrogens with zero attached hydrogens (tertiary/aromatic N) is 1. The van der Waals surface area contributed by atoms with Gasteiger partial charge in [0.15, 0.2) is 0 Å². The number of carbonyl (C=O) groups excluding carboxylic acids is 1. The van der Waals surface area contributed by atoms with Crippen LogP contribution in [0.15, 0.2) is 24.3 Å². The van der Waals surface area contributed by atoms with Gasteiger partial charge in [-0.2, -0.15) is 0 Å². The first-order valence-electron chi connectivity index (χ1n) is 5.43. The number of carbonyl (C=O) groups is 1. The van der Waals surface area contributed by atoms with E-state index in [1.807, 2.05) is 0 Å². The number of benzene rings is 1. The van der Waals surface area contributed by atoms with Crippen LogP contribution in [-0.2, 0) is 11.3 Å². The molecule has 16 heavy (non-hydrogen) atoms. The van der Waals surface area contributed by atoms with Crippen molar-refractivity contribution in [2.75, 3.05) is 6.54 Å². The van der Waals surface area contributed by atoms with Gasteiger partial charge in [-0.05, 0) is 24.1 Å². The highest BCUT2D eigenvalue weighted by Crippen LogP contribution is 2.14. The average Bonchev–Trinajstić information content (AvgIpc) is 2.27. The highest BCUT2D eigenvalue weighted by molar-refractivity contribution is 5.77. The van der Waals surface area contributed by atoms with Crippen molar-refractivity contribution < 1.29 is 9.18 Å². The zero-order valence-electron chi connectivity index (χ0n) is 9.03. The second-order valence-electron chi connectivity index (χ2n) is 4.20. The van der Waals surface area contributed by atoms with Crippen molar-refractivity contribution in [1.82, 2.24) is 4.90 Å². The van der Waals surface area contributed by atoms with Crippen LogP contribution >= 0.6 is 0 Å². The molecule has 0 bridgehead atoms. The molecule has 0 aromatic heterocycles. The van der Waals surface area contributed by atoms with Gasteiger partial charge in [-0.15, -0.1) is 0 Å². The van der Waals surface area contributed by atoms with E-state index in [-0.39, 0.29) is 17.8 Å². The van der Waals surface area contributed by atoms with E-state index in [9.17, 15) is 9.18 Å². The smallest absolute Gasteiger partial charge is 0.222 e. The molecular weight excluding hydrogens is 207 g/mol. The molecule has 86 valence electrons. The van der Waals surface area contributed by atoms with Gasteiger partial charge in [0.1, 0.15) is 5.82 Å². The predicted molar refractivity (Wildman–Crippen MR) is 59.0 cm³/mol. The summed E-state index contributed by atoms with van der Waals surface area (Å²) in [6.45, 7) is 1.11. The lowest BCUT2D eigenvalue weighted by atomic mass is 10.1. The molecular formula is C12H15FN2O. The van der Waals surface area contributed by atoms with Crippen LogP contribution in [0.4, 0.5) is 4.39 Å². The van der Waals surface area contributed by atoms with Crippen molar-refractivity contribution in [2.24, 2.45) is 5.73 Å². The van der Waals surface area contributed by atoms with Crippen LogP contribution in [-0.4, -0.2) is 23.4 Å². The van der Waals surface area contributed by atoms with Gasteiger partial charge < -0.3 is 10.6 Å². The normalized spacial score (nSPS) is 21.2. The molecule has 4 heteroatoms. The van der Waals surface area contributed by atoms with Gasteiger partial charge in [0.2, 0.25) is 5.91 Å². The number of hydrogen-bond acceptors (Lipinski definition) is 2. The summed E-state index contributed by atoms with van der Waals surface area (Å²) in [4.78, 5) is 13.3. The Kier molecular flexibility index (Phi) is 3.19. The molecule has 1 heterocycles. The van der Waals surface area contributed by atoms with E-state index in [4.69, 9.17) is 5.73 Å². The van der Waals surface area contributed by atoms with Gasteiger partial charge in [0, 0.05) is 25.6 Å². The maximum absolute atomic E-state index is 12.7. The molecule has 1 saturated heterocycles. The fraction of sp³-hybridized carbons (Fsp3) is 0.417. The highest BCUT2D eigenvalue weighted by Gasteiger charge is 2.22. The van der Waals surface area contributed by atoms with Crippen molar-refractivity contribution in [3.63, 3.8) is 0 Å². The first-order chi connectivity index (χ1) is 7.65. The van der Waals surface area contributed by atoms with Crippen LogP contribution in [0.25, 0.3) is 0 Å². The lowest BCUT2D eigenvalue weighted by Crippen LogP contribution is -2.45. The Labute approximate surface area is 94.0 Å². The molecule has 1 aliphatic rings. The summed E-state index contributed by atoms with van der Waals surface area (Å²) in [6, 6.07) is 6.27. The number of piperidine rings is 1. The minimum absolute atomic E-state index is 0.0677. The second-order valence-corrected chi connectivity index (χ2v) is 4.20. The largest absolute Gasteiger partial charge is 0.337 e. The molecule has 2 N–H and O–H groups in total. The van der Waals surface area contributed by atoms with Crippen LogP contribution in [0.5, 0.6) is 0 Å². The monoisotopic (exact) mass is 222 g/mol. The highest BCUT2D eigenvalue weighted by atomic mass is 19.1. The van der Waals surface area contributed by atoms with Gasteiger partial charge in [-0.25, -0.2) is 4.39 Å². The van der Waals surface area contributed by atoms with E-state index in [0.29, 0.717) is 19.5 Å². The van der Waals surface area contributed by atoms with Crippen LogP contribution in [0.1, 0.15) is 18.4 Å². The van der Waals surface area contributed by atoms with E-state index >= 15 is 0 Å². The number of halogens is 1. The molecule has 1 aromatic carbocycles. The van der Waals surface area contributed by atoms with Gasteiger partial charge in [-0.3, -0.25) is 4.79 Å². The Hall–Kier alpha value is -1.42. The molecule has 0 unspecified atom stereocenters. The molecule has 1 aliphatic heterocycles. The Morgan fingerprint density at radius 2 is 2.06 bits per heavy atom. The molecule has 3 nitrogen and oxygen atoms in total. The quantitative estimate of drug-likeness (QED) is 0.819. The average molecular weight is 222 g/mol. The van der Waals surface area contributed by atoms with Crippen LogP contribution in [0.3, 0.4) is 0 Å². The summed E-state index contributed by atoms with van der Waals surface area (Å²) in [5.74, 6) is -0.128. The van der Waals surface area contributed by atoms with E-state index in [2.05, 4.69) is 0 Å². The zero-order chi connectivity index (χ0) is 11.5. The van der Waals surface area contributed by atoms with Crippen molar-refractivity contribution in [3.05, 3.63) is 35.6 Å². The van der Waals surface area contributed by atoms with Crippen LogP contribution < -0.4 is 5.73 Å². The fourth-order valence-electron chi connectivity index (χ4n) is 1.91. The summed E-state index contributed by atoms with van der Waals surface area (Å²) < 4.78 is 12.7. The number of hydrogen-bond donors (Lipinski definition) is 1. The molecule has 1 amide bonds. The molecule has 1 atom stereocenters. The van der Waals surface area contributed by atoms with Gasteiger partial charge >= 0.3 is 0 Å². The van der Waals surface area contributed by atoms with Crippen LogP contribution in [0, 0.1) is 5.82 Å². The molecule has 0 spiro atoms. The van der Waals surface area contributed by atoms with E-state index in [0.717, 1.165) is 12.0 Å². The second kappa shape index (κ2) is 4.61. The van der Waals surface area contributed by atoms with Crippen molar-refractivity contribution >= 4 is 5.91 Å². The maximum Gasteiger partial charge on any atom is 0.222 e. The molecule has 0 saturated carbocycles. The first-order valence-corrected chi connectivity index (χ1v) is 5.43. The third kappa shape index (κ3) is 2.58. The van der Waals surface area contributed by atoms with E-state index in [1.54, 1.807) is 17.0 Å². The number of rotatable bonds is 2. The van der Waals surface area contributed by atoms with Crippen LogP contribution in [0.2, 0.25) is 0 Å². The molecule has 1 aromatic rings. The topological polar surface area (TPSA) is 46.3 Å². The Morgan fingerprint density at radius 3 is 2.75 bits per heavy atom. The summed E-state index contributed by atoms with van der Waals surface area (Å²) in [5, 5.41) is 0. The SMILES string of the molecule is N[C@H]1CCC(=O)N(Cc2ccc(F)cc2)C1. The molecule has 0 radical (unpaired) electrons. The minimum atomic E-state index is -0.259. The molecule has 2 rings (SSSR count). The van der Waals surface area contributed by atoms with Crippen molar-refractivity contribution in [3.8, 4) is 0 Å². The third-order valence-corrected chi connectivity index (χ3v) is 2.82. The van der Waals surface area contributed by atoms with E-state index < -0.39 is 0 Å². The van der Waals surface area contributed by atoms with Crippen molar-refractivity contribution in [1.29, 1.82) is 0 Å². The number of amides is 1. The number of nitrogens with two attached hydrogens (primary N) is 1. The fourth-order valence-corrected chi connectivity index (χ4v) is 1.91. The Bertz CT molecular complexity index is 377. The van der Waals surface area contributed by atoms with Gasteiger partial charge in [0.25, 0.3) is 0 Å². The molecule has 0 aliphatic carbocycles. The third-order valence-electron chi connectivity index (χ3n) is 2.82. The first kappa shape index (κ1) is 11.1. The van der Waals surface area contributed by atoms with Gasteiger partial charge in [-0.1, -0.05) is 12.1 Å². The summed E-state index contributed by atoms with van der Waals surface area (Å²) in [7, 11) is 0. The summed E-state index contributed by atoms with van der Waals surface area (Å²) in [5.41, 5.74) is 6.75. The number of likely N-dealkylation sites (tertiary alicyclic amines) is 1.